The number of nitrogens with zero attached hydrogens (tertiary/aromatic N) is 1. The van der Waals surface area contributed by atoms with Crippen LogP contribution in [0.25, 0.3) is 0 Å². The van der Waals surface area contributed by atoms with E-state index in [1.165, 1.54) is 0 Å². The van der Waals surface area contributed by atoms with Gasteiger partial charge in [0.15, 0.2) is 0 Å². The van der Waals surface area contributed by atoms with E-state index in [0.717, 1.165) is 16.9 Å². The van der Waals surface area contributed by atoms with Gasteiger partial charge in [-0.3, -0.25) is 4.79 Å². The minimum atomic E-state index is -0.0178. The highest BCUT2D eigenvalue weighted by atomic mass is 16.5. The molecule has 0 radical (unpaired) electrons. The first-order valence-electron chi connectivity index (χ1n) is 6.81. The van der Waals surface area contributed by atoms with Crippen molar-refractivity contribution in [3.8, 4) is 5.75 Å². The molecule has 0 aliphatic carbocycles. The van der Waals surface area contributed by atoms with Crippen molar-refractivity contribution in [3.05, 3.63) is 65.2 Å². The first-order chi connectivity index (χ1) is 10.1. The molecule has 21 heavy (non-hydrogen) atoms. The summed E-state index contributed by atoms with van der Waals surface area (Å²) in [6.07, 6.45) is 0. The number of nitrogens with two attached hydrogens (primary N) is 1. The van der Waals surface area contributed by atoms with Crippen molar-refractivity contribution in [1.82, 2.24) is 4.90 Å². The van der Waals surface area contributed by atoms with Crippen molar-refractivity contribution in [2.75, 3.05) is 14.2 Å². The van der Waals surface area contributed by atoms with Crippen LogP contribution in [0.2, 0.25) is 0 Å². The largest absolute Gasteiger partial charge is 0.497 e. The SMILES string of the molecule is COc1ccc(C(=O)N(C)Cc2cccc(CN)c2)cc1. The Kier molecular flexibility index (Phi) is 4.95. The van der Waals surface area contributed by atoms with Crippen LogP contribution in [0.15, 0.2) is 48.5 Å². The number of methoxy groups -OCH3 is 1. The summed E-state index contributed by atoms with van der Waals surface area (Å²) >= 11 is 0. The molecule has 0 saturated heterocycles. The van der Waals surface area contributed by atoms with E-state index in [-0.39, 0.29) is 5.91 Å². The quantitative estimate of drug-likeness (QED) is 0.917. The second-order valence-corrected chi connectivity index (χ2v) is 4.91. The van der Waals surface area contributed by atoms with E-state index < -0.39 is 0 Å². The van der Waals surface area contributed by atoms with Crippen molar-refractivity contribution >= 4 is 5.91 Å². The Balaban J connectivity index is 2.07. The summed E-state index contributed by atoms with van der Waals surface area (Å²) in [5, 5.41) is 0. The summed E-state index contributed by atoms with van der Waals surface area (Å²) < 4.78 is 5.09. The lowest BCUT2D eigenvalue weighted by Crippen LogP contribution is -2.26. The van der Waals surface area contributed by atoms with Crippen LogP contribution < -0.4 is 10.5 Å². The molecule has 0 aromatic heterocycles. The Bertz CT molecular complexity index is 608. The van der Waals surface area contributed by atoms with Gasteiger partial charge in [-0.15, -0.1) is 0 Å². The van der Waals surface area contributed by atoms with E-state index >= 15 is 0 Å². The van der Waals surface area contributed by atoms with Gasteiger partial charge in [0.05, 0.1) is 7.11 Å². The molecule has 4 nitrogen and oxygen atoms in total. The molecule has 2 N–H and O–H groups in total. The summed E-state index contributed by atoms with van der Waals surface area (Å²) in [7, 11) is 3.40. The number of rotatable bonds is 5. The van der Waals surface area contributed by atoms with Gasteiger partial charge >= 0.3 is 0 Å². The van der Waals surface area contributed by atoms with Gasteiger partial charge < -0.3 is 15.4 Å². The lowest BCUT2D eigenvalue weighted by molar-refractivity contribution is 0.0785. The Morgan fingerprint density at radius 1 is 1.14 bits per heavy atom. The summed E-state index contributed by atoms with van der Waals surface area (Å²) in [5.74, 6) is 0.723. The smallest absolute Gasteiger partial charge is 0.253 e. The Labute approximate surface area is 125 Å². The average molecular weight is 284 g/mol. The third kappa shape index (κ3) is 3.83. The normalized spacial score (nSPS) is 10.2. The van der Waals surface area contributed by atoms with Gasteiger partial charge in [-0.05, 0) is 35.4 Å². The first kappa shape index (κ1) is 15.1. The van der Waals surface area contributed by atoms with Crippen molar-refractivity contribution in [3.63, 3.8) is 0 Å². The molecule has 4 heteroatoms. The van der Waals surface area contributed by atoms with Crippen molar-refractivity contribution in [1.29, 1.82) is 0 Å². The minimum absolute atomic E-state index is 0.0178. The molecule has 2 aromatic rings. The number of hydrogen-bond acceptors (Lipinski definition) is 3. The first-order valence-corrected chi connectivity index (χ1v) is 6.81. The van der Waals surface area contributed by atoms with E-state index in [1.807, 2.05) is 24.3 Å². The monoisotopic (exact) mass is 284 g/mol. The summed E-state index contributed by atoms with van der Waals surface area (Å²) in [6.45, 7) is 1.06. The Morgan fingerprint density at radius 2 is 1.81 bits per heavy atom. The number of hydrogen-bond donors (Lipinski definition) is 1. The number of amides is 1. The van der Waals surface area contributed by atoms with Gasteiger partial charge in [0.1, 0.15) is 5.75 Å². The fraction of sp³-hybridized carbons (Fsp3) is 0.235. The maximum Gasteiger partial charge on any atom is 0.253 e. The molecule has 1 amide bonds. The maximum absolute atomic E-state index is 12.4. The minimum Gasteiger partial charge on any atom is -0.497 e. The third-order valence-electron chi connectivity index (χ3n) is 3.33. The van der Waals surface area contributed by atoms with E-state index in [1.54, 1.807) is 43.3 Å². The molecular weight excluding hydrogens is 264 g/mol. The average Bonchev–Trinajstić information content (AvgIpc) is 2.54. The van der Waals surface area contributed by atoms with Crippen molar-refractivity contribution < 1.29 is 9.53 Å². The second kappa shape index (κ2) is 6.90. The van der Waals surface area contributed by atoms with Gasteiger partial charge in [-0.1, -0.05) is 24.3 Å². The van der Waals surface area contributed by atoms with Gasteiger partial charge in [0.25, 0.3) is 5.91 Å². The Hall–Kier alpha value is -2.33. The molecule has 0 aliphatic rings. The predicted octanol–water partition coefficient (Wildman–Crippen LogP) is 2.43. The zero-order chi connectivity index (χ0) is 15.2. The number of benzene rings is 2. The number of ether oxygens (including phenoxy) is 1. The van der Waals surface area contributed by atoms with E-state index in [4.69, 9.17) is 10.5 Å². The van der Waals surface area contributed by atoms with Crippen LogP contribution in [0.5, 0.6) is 5.75 Å². The summed E-state index contributed by atoms with van der Waals surface area (Å²) in [6, 6.07) is 15.1. The van der Waals surface area contributed by atoms with Crippen LogP contribution in [0, 0.1) is 0 Å². The molecule has 0 bridgehead atoms. The highest BCUT2D eigenvalue weighted by Gasteiger charge is 2.12. The molecule has 2 aromatic carbocycles. The lowest BCUT2D eigenvalue weighted by Gasteiger charge is -2.18. The molecule has 2 rings (SSSR count). The fourth-order valence-electron chi connectivity index (χ4n) is 2.15. The van der Waals surface area contributed by atoms with E-state index in [0.29, 0.717) is 18.7 Å². The van der Waals surface area contributed by atoms with Crippen LogP contribution in [0.1, 0.15) is 21.5 Å². The van der Waals surface area contributed by atoms with Gasteiger partial charge in [-0.2, -0.15) is 0 Å². The molecule has 110 valence electrons. The fourth-order valence-corrected chi connectivity index (χ4v) is 2.15. The maximum atomic E-state index is 12.4. The highest BCUT2D eigenvalue weighted by molar-refractivity contribution is 5.94. The molecular formula is C17H20N2O2. The summed E-state index contributed by atoms with van der Waals surface area (Å²) in [5.41, 5.74) is 8.42. The highest BCUT2D eigenvalue weighted by Crippen LogP contribution is 2.14. The Morgan fingerprint density at radius 3 is 2.43 bits per heavy atom. The second-order valence-electron chi connectivity index (χ2n) is 4.91. The van der Waals surface area contributed by atoms with Crippen LogP contribution in [-0.4, -0.2) is 25.0 Å². The zero-order valence-corrected chi connectivity index (χ0v) is 12.4. The van der Waals surface area contributed by atoms with Gasteiger partial charge in [-0.25, -0.2) is 0 Å². The number of carbonyl (C=O) groups is 1. The molecule has 0 atom stereocenters. The molecule has 0 aliphatic heterocycles. The number of carbonyl (C=O) groups excluding carboxylic acids is 1. The van der Waals surface area contributed by atoms with Crippen LogP contribution in [0.3, 0.4) is 0 Å². The topological polar surface area (TPSA) is 55.6 Å². The van der Waals surface area contributed by atoms with Crippen molar-refractivity contribution in [2.45, 2.75) is 13.1 Å². The third-order valence-corrected chi connectivity index (χ3v) is 3.33. The van der Waals surface area contributed by atoms with Crippen LogP contribution in [-0.2, 0) is 13.1 Å². The molecule has 0 spiro atoms. The van der Waals surface area contributed by atoms with Gasteiger partial charge in [0.2, 0.25) is 0 Å². The summed E-state index contributed by atoms with van der Waals surface area (Å²) in [4.78, 5) is 14.1. The predicted molar refractivity (Wildman–Crippen MR) is 83.1 cm³/mol. The molecule has 0 saturated carbocycles. The van der Waals surface area contributed by atoms with Gasteiger partial charge in [0, 0.05) is 25.7 Å². The van der Waals surface area contributed by atoms with Crippen LogP contribution >= 0.6 is 0 Å². The standard InChI is InChI=1S/C17H20N2O2/c1-19(12-14-5-3-4-13(10-14)11-18)17(20)15-6-8-16(21-2)9-7-15/h3-10H,11-12,18H2,1-2H3. The molecule has 0 fully saturated rings. The molecule has 0 heterocycles. The zero-order valence-electron chi connectivity index (χ0n) is 12.4. The molecule has 0 unspecified atom stereocenters. The van der Waals surface area contributed by atoms with E-state index in [2.05, 4.69) is 0 Å². The lowest BCUT2D eigenvalue weighted by atomic mass is 10.1. The van der Waals surface area contributed by atoms with Crippen molar-refractivity contribution in [2.24, 2.45) is 5.73 Å². The van der Waals surface area contributed by atoms with Crippen LogP contribution in [0.4, 0.5) is 0 Å². The van der Waals surface area contributed by atoms with E-state index in [9.17, 15) is 4.79 Å².